The van der Waals surface area contributed by atoms with Gasteiger partial charge in [-0.3, -0.25) is 4.79 Å². The van der Waals surface area contributed by atoms with Gasteiger partial charge in [-0.05, 0) is 49.7 Å². The third-order valence-corrected chi connectivity index (χ3v) is 11.0. The van der Waals surface area contributed by atoms with Gasteiger partial charge in [-0.1, -0.05) is 53.1 Å². The zero-order chi connectivity index (χ0) is 32.0. The quantitative estimate of drug-likeness (QED) is 0.431. The fourth-order valence-corrected chi connectivity index (χ4v) is 8.15. The molecule has 1 aromatic heterocycles. The van der Waals surface area contributed by atoms with Gasteiger partial charge in [0.15, 0.2) is 0 Å². The van der Waals surface area contributed by atoms with Crippen molar-refractivity contribution >= 4 is 23.5 Å². The Kier molecular flexibility index (Phi) is 8.93. The van der Waals surface area contributed by atoms with Crippen LogP contribution >= 0.6 is 11.6 Å². The van der Waals surface area contributed by atoms with Crippen molar-refractivity contribution < 1.29 is 14.6 Å². The van der Waals surface area contributed by atoms with Gasteiger partial charge in [0.05, 0.1) is 22.3 Å². The largest absolute Gasteiger partial charge is 0.489 e. The first-order chi connectivity index (χ1) is 20.6. The molecule has 0 radical (unpaired) electrons. The van der Waals surface area contributed by atoms with Gasteiger partial charge in [-0.25, -0.2) is 9.97 Å². The normalized spacial score (nSPS) is 26.4. The van der Waals surface area contributed by atoms with Crippen LogP contribution in [0, 0.1) is 40.4 Å². The molecule has 2 aromatic rings. The van der Waals surface area contributed by atoms with E-state index in [1.807, 2.05) is 6.92 Å². The standard InChI is InChI=1S/C34H47ClN6O3/c1-21-26(9-8-22(16-36)27(21)35)44-30-33(4,5)29(34(30,6)7)39-28(43)23-17-37-31(38-18-23)41-15-10-24(32(2,3)20-41)19-40-13-11-25(42)12-14-40/h8-9,17-18,24-25,29-30,42H,10-15,19-20H2,1-7H3,(H,39,43)/t24-,29?,30?/m1/s1. The van der Waals surface area contributed by atoms with Crippen LogP contribution in [0.1, 0.15) is 82.3 Å². The number of anilines is 1. The molecule has 10 heteroatoms. The van der Waals surface area contributed by atoms with E-state index in [1.165, 1.54) is 0 Å². The van der Waals surface area contributed by atoms with Crippen LogP contribution in [0.3, 0.4) is 0 Å². The molecule has 1 atom stereocenters. The maximum Gasteiger partial charge on any atom is 0.254 e. The minimum absolute atomic E-state index is 0.0926. The molecule has 238 valence electrons. The van der Waals surface area contributed by atoms with E-state index in [0.717, 1.165) is 57.5 Å². The molecule has 2 saturated heterocycles. The highest BCUT2D eigenvalue weighted by Gasteiger charge is 2.64. The number of piperidine rings is 2. The van der Waals surface area contributed by atoms with E-state index in [-0.39, 0.29) is 40.4 Å². The van der Waals surface area contributed by atoms with Crippen LogP contribution < -0.4 is 15.0 Å². The molecule has 9 nitrogen and oxygen atoms in total. The second kappa shape index (κ2) is 12.1. The molecule has 3 fully saturated rings. The summed E-state index contributed by atoms with van der Waals surface area (Å²) < 4.78 is 6.48. The lowest BCUT2D eigenvalue weighted by molar-refractivity contribution is -0.164. The summed E-state index contributed by atoms with van der Waals surface area (Å²) in [6.45, 7) is 19.6. The first-order valence-electron chi connectivity index (χ1n) is 15.8. The summed E-state index contributed by atoms with van der Waals surface area (Å²) in [7, 11) is 0. The van der Waals surface area contributed by atoms with Gasteiger partial charge in [0.2, 0.25) is 5.95 Å². The summed E-state index contributed by atoms with van der Waals surface area (Å²) in [5.41, 5.74) is 0.950. The van der Waals surface area contributed by atoms with Crippen molar-refractivity contribution in [2.24, 2.45) is 22.2 Å². The number of aliphatic hydroxyl groups is 1. The van der Waals surface area contributed by atoms with Gasteiger partial charge < -0.3 is 25.0 Å². The predicted octanol–water partition coefficient (Wildman–Crippen LogP) is 5.23. The molecule has 44 heavy (non-hydrogen) atoms. The fraction of sp³-hybridized carbons (Fsp3) is 0.647. The minimum atomic E-state index is -0.364. The number of likely N-dealkylation sites (tertiary alicyclic amines) is 1. The number of amides is 1. The van der Waals surface area contributed by atoms with E-state index < -0.39 is 0 Å². The molecule has 1 amide bonds. The topological polar surface area (TPSA) is 115 Å². The molecule has 0 spiro atoms. The summed E-state index contributed by atoms with van der Waals surface area (Å²) in [5.74, 6) is 1.67. The third-order valence-electron chi connectivity index (χ3n) is 10.5. The predicted molar refractivity (Wildman–Crippen MR) is 172 cm³/mol. The van der Waals surface area contributed by atoms with Crippen molar-refractivity contribution in [1.82, 2.24) is 20.2 Å². The number of nitrogens with zero attached hydrogens (tertiary/aromatic N) is 5. The van der Waals surface area contributed by atoms with Gasteiger partial charge in [-0.15, -0.1) is 0 Å². The maximum atomic E-state index is 13.4. The van der Waals surface area contributed by atoms with E-state index >= 15 is 0 Å². The number of nitrogens with one attached hydrogen (secondary N) is 1. The van der Waals surface area contributed by atoms with Gasteiger partial charge in [-0.2, -0.15) is 5.26 Å². The maximum absolute atomic E-state index is 13.4. The Labute approximate surface area is 267 Å². The van der Waals surface area contributed by atoms with E-state index in [2.05, 4.69) is 72.7 Å². The Hall–Kier alpha value is -2.93. The molecule has 3 aliphatic rings. The van der Waals surface area contributed by atoms with E-state index in [4.69, 9.17) is 16.3 Å². The highest BCUT2D eigenvalue weighted by molar-refractivity contribution is 6.32. The number of rotatable bonds is 7. The number of nitriles is 1. The van der Waals surface area contributed by atoms with Crippen LogP contribution in [0.25, 0.3) is 0 Å². The van der Waals surface area contributed by atoms with Gasteiger partial charge in [0.1, 0.15) is 17.9 Å². The van der Waals surface area contributed by atoms with Crippen molar-refractivity contribution in [3.63, 3.8) is 0 Å². The van der Waals surface area contributed by atoms with Crippen LogP contribution in [0.4, 0.5) is 5.95 Å². The number of aliphatic hydroxyl groups excluding tert-OH is 1. The molecule has 2 aliphatic heterocycles. The number of halogens is 1. The Morgan fingerprint density at radius 3 is 2.32 bits per heavy atom. The Bertz CT molecular complexity index is 1400. The Balaban J connectivity index is 1.19. The van der Waals surface area contributed by atoms with E-state index in [1.54, 1.807) is 24.5 Å². The summed E-state index contributed by atoms with van der Waals surface area (Å²) in [6.07, 6.45) is 5.71. The summed E-state index contributed by atoms with van der Waals surface area (Å²) in [6, 6.07) is 5.43. The highest BCUT2D eigenvalue weighted by atomic mass is 35.5. The molecule has 2 N–H and O–H groups in total. The SMILES string of the molecule is Cc1c(OC2C(C)(C)C(NC(=O)c3cnc(N4CC[C@H](CN5CCC(O)CC5)C(C)(C)C4)nc3)C2(C)C)ccc(C#N)c1Cl. The zero-order valence-electron chi connectivity index (χ0n) is 27.2. The van der Waals surface area contributed by atoms with Crippen LogP contribution in [0.15, 0.2) is 24.5 Å². The number of hydrogen-bond donors (Lipinski definition) is 2. The van der Waals surface area contributed by atoms with Gasteiger partial charge in [0.25, 0.3) is 5.91 Å². The Morgan fingerprint density at radius 2 is 1.73 bits per heavy atom. The van der Waals surface area contributed by atoms with Crippen molar-refractivity contribution in [3.05, 3.63) is 46.2 Å². The third kappa shape index (κ3) is 6.14. The molecule has 5 rings (SSSR count). The second-order valence-corrected chi connectivity index (χ2v) is 15.3. The molecular formula is C34H47ClN6O3. The van der Waals surface area contributed by atoms with Crippen molar-refractivity contribution in [3.8, 4) is 11.8 Å². The number of carbonyl (C=O) groups excluding carboxylic acids is 1. The molecule has 0 unspecified atom stereocenters. The smallest absolute Gasteiger partial charge is 0.254 e. The van der Waals surface area contributed by atoms with Crippen molar-refractivity contribution in [2.45, 2.75) is 86.0 Å². The van der Waals surface area contributed by atoms with Crippen molar-refractivity contribution in [2.75, 3.05) is 37.6 Å². The van der Waals surface area contributed by atoms with Gasteiger partial charge in [0, 0.05) is 67.6 Å². The fourth-order valence-electron chi connectivity index (χ4n) is 7.95. The van der Waals surface area contributed by atoms with E-state index in [0.29, 0.717) is 33.8 Å². The number of ether oxygens (including phenoxy) is 1. The van der Waals surface area contributed by atoms with Crippen LogP contribution in [0.5, 0.6) is 5.75 Å². The first-order valence-corrected chi connectivity index (χ1v) is 16.2. The first kappa shape index (κ1) is 32.5. The number of hydrogen-bond acceptors (Lipinski definition) is 8. The average molecular weight is 623 g/mol. The minimum Gasteiger partial charge on any atom is -0.489 e. The second-order valence-electron chi connectivity index (χ2n) is 14.9. The number of carbonyl (C=O) groups is 1. The summed E-state index contributed by atoms with van der Waals surface area (Å²) in [4.78, 5) is 27.4. The van der Waals surface area contributed by atoms with E-state index in [9.17, 15) is 15.2 Å². The number of benzene rings is 1. The Morgan fingerprint density at radius 1 is 1.09 bits per heavy atom. The molecule has 0 bridgehead atoms. The lowest BCUT2D eigenvalue weighted by Gasteiger charge is -2.63. The molecule has 1 aliphatic carbocycles. The van der Waals surface area contributed by atoms with Crippen LogP contribution in [-0.2, 0) is 0 Å². The lowest BCUT2D eigenvalue weighted by atomic mass is 9.49. The lowest BCUT2D eigenvalue weighted by Crippen LogP contribution is -2.74. The average Bonchev–Trinajstić information content (AvgIpc) is 2.98. The van der Waals surface area contributed by atoms with Crippen molar-refractivity contribution in [1.29, 1.82) is 5.26 Å². The summed E-state index contributed by atoms with van der Waals surface area (Å²) in [5, 5.41) is 22.8. The molecule has 1 saturated carbocycles. The highest BCUT2D eigenvalue weighted by Crippen LogP contribution is 2.56. The molecule has 1 aromatic carbocycles. The molecule has 3 heterocycles. The summed E-state index contributed by atoms with van der Waals surface area (Å²) >= 11 is 6.39. The molecular weight excluding hydrogens is 576 g/mol. The van der Waals surface area contributed by atoms with Crippen LogP contribution in [0.2, 0.25) is 5.02 Å². The number of aromatic nitrogens is 2. The van der Waals surface area contributed by atoms with Crippen LogP contribution in [-0.4, -0.2) is 76.9 Å². The monoisotopic (exact) mass is 622 g/mol. The zero-order valence-corrected chi connectivity index (χ0v) is 27.9. The van der Waals surface area contributed by atoms with Gasteiger partial charge >= 0.3 is 0 Å².